The molecule has 0 atom stereocenters. The molecule has 140 valence electrons. The van der Waals surface area contributed by atoms with E-state index in [9.17, 15) is 4.79 Å². The van der Waals surface area contributed by atoms with E-state index in [2.05, 4.69) is 26.0 Å². The third-order valence-electron chi connectivity index (χ3n) is 3.91. The van der Waals surface area contributed by atoms with Crippen molar-refractivity contribution in [3.63, 3.8) is 0 Å². The molecule has 4 rings (SSSR count). The van der Waals surface area contributed by atoms with Crippen LogP contribution >= 0.6 is 50.7 Å². The van der Waals surface area contributed by atoms with Gasteiger partial charge in [-0.3, -0.25) is 4.79 Å². The molecule has 9 heteroatoms. The van der Waals surface area contributed by atoms with E-state index in [1.165, 1.54) is 10.8 Å². The number of ether oxygens (including phenoxy) is 1. The van der Waals surface area contributed by atoms with Gasteiger partial charge in [0.1, 0.15) is 12.1 Å². The summed E-state index contributed by atoms with van der Waals surface area (Å²) in [6.07, 6.45) is 1.31. The van der Waals surface area contributed by atoms with Gasteiger partial charge in [0.25, 0.3) is 5.56 Å². The Kier molecular flexibility index (Phi) is 5.29. The molecular weight excluding hydrogens is 488 g/mol. The number of hydrogen-bond donors (Lipinski definition) is 0. The molecule has 0 unspecified atom stereocenters. The molecule has 4 aromatic rings. The molecule has 2 heterocycles. The van der Waals surface area contributed by atoms with Crippen molar-refractivity contribution in [3.8, 4) is 22.8 Å². The molecule has 0 N–H and O–H groups in total. The van der Waals surface area contributed by atoms with Crippen LogP contribution < -0.4 is 10.3 Å². The van der Waals surface area contributed by atoms with Crippen LogP contribution in [0.3, 0.4) is 0 Å². The summed E-state index contributed by atoms with van der Waals surface area (Å²) in [6.45, 7) is 0. The normalized spacial score (nSPS) is 11.0. The first-order valence-electron chi connectivity index (χ1n) is 7.90. The molecule has 0 saturated heterocycles. The molecule has 0 amide bonds. The van der Waals surface area contributed by atoms with Gasteiger partial charge in [-0.15, -0.1) is 5.10 Å². The molecular formula is C19H9BrCl3N3O2. The van der Waals surface area contributed by atoms with E-state index in [0.29, 0.717) is 31.9 Å². The fourth-order valence-corrected chi connectivity index (χ4v) is 3.76. The van der Waals surface area contributed by atoms with Crippen molar-refractivity contribution >= 4 is 56.2 Å². The molecule has 0 spiro atoms. The smallest absolute Gasteiger partial charge is 0.281 e. The van der Waals surface area contributed by atoms with Gasteiger partial charge >= 0.3 is 0 Å². The zero-order valence-corrected chi connectivity index (χ0v) is 17.7. The van der Waals surface area contributed by atoms with E-state index < -0.39 is 5.56 Å². The van der Waals surface area contributed by atoms with Crippen LogP contribution in [0.5, 0.6) is 11.6 Å². The van der Waals surface area contributed by atoms with Gasteiger partial charge in [0.15, 0.2) is 0 Å². The van der Waals surface area contributed by atoms with Crippen molar-refractivity contribution in [2.24, 2.45) is 0 Å². The molecule has 2 aromatic heterocycles. The van der Waals surface area contributed by atoms with Crippen LogP contribution in [0.4, 0.5) is 0 Å². The summed E-state index contributed by atoms with van der Waals surface area (Å²) >= 11 is 22.1. The summed E-state index contributed by atoms with van der Waals surface area (Å²) in [5, 5.41) is 5.49. The highest BCUT2D eigenvalue weighted by Gasteiger charge is 2.17. The lowest BCUT2D eigenvalue weighted by molar-refractivity contribution is 0.452. The highest BCUT2D eigenvalue weighted by molar-refractivity contribution is 9.10. The van der Waals surface area contributed by atoms with Crippen LogP contribution in [-0.2, 0) is 0 Å². The Labute approximate surface area is 182 Å². The van der Waals surface area contributed by atoms with Crippen LogP contribution in [0.2, 0.25) is 15.1 Å². The first-order valence-corrected chi connectivity index (χ1v) is 9.83. The van der Waals surface area contributed by atoms with Gasteiger partial charge < -0.3 is 4.74 Å². The Balaban J connectivity index is 1.86. The fraction of sp³-hybridized carbons (Fsp3) is 0. The highest BCUT2D eigenvalue weighted by Crippen LogP contribution is 2.35. The van der Waals surface area contributed by atoms with Gasteiger partial charge in [-0.1, -0.05) is 56.8 Å². The van der Waals surface area contributed by atoms with E-state index in [4.69, 9.17) is 39.5 Å². The summed E-state index contributed by atoms with van der Waals surface area (Å²) in [5.41, 5.74) is 0.702. The van der Waals surface area contributed by atoms with E-state index in [-0.39, 0.29) is 11.4 Å². The summed E-state index contributed by atoms with van der Waals surface area (Å²) in [6, 6.07) is 13.6. The zero-order valence-electron chi connectivity index (χ0n) is 13.9. The maximum absolute atomic E-state index is 12.5. The Morgan fingerprint density at radius 2 is 1.68 bits per heavy atom. The quantitative estimate of drug-likeness (QED) is 0.335. The Morgan fingerprint density at radius 1 is 0.929 bits per heavy atom. The van der Waals surface area contributed by atoms with Crippen LogP contribution in [0.15, 0.2) is 64.1 Å². The summed E-state index contributed by atoms with van der Waals surface area (Å²) in [7, 11) is 0. The summed E-state index contributed by atoms with van der Waals surface area (Å²) in [4.78, 5) is 16.4. The summed E-state index contributed by atoms with van der Waals surface area (Å²) < 4.78 is 8.01. The SMILES string of the molecule is O=c1ncn2nc(Oc3cc(Br)ccc3Cl)ccc2c1-c1c(Cl)cccc1Cl. The lowest BCUT2D eigenvalue weighted by atomic mass is 10.1. The molecule has 0 aliphatic rings. The number of hydrogen-bond acceptors (Lipinski definition) is 4. The molecule has 0 saturated carbocycles. The van der Waals surface area contributed by atoms with Crippen molar-refractivity contribution in [3.05, 3.63) is 84.8 Å². The number of aromatic nitrogens is 3. The predicted octanol–water partition coefficient (Wildman–Crippen LogP) is 6.27. The highest BCUT2D eigenvalue weighted by atomic mass is 79.9. The van der Waals surface area contributed by atoms with E-state index in [1.54, 1.807) is 48.5 Å². The molecule has 0 aliphatic heterocycles. The molecule has 0 radical (unpaired) electrons. The Bertz CT molecular complexity index is 1260. The zero-order chi connectivity index (χ0) is 19.8. The van der Waals surface area contributed by atoms with Crippen LogP contribution in [-0.4, -0.2) is 14.6 Å². The van der Waals surface area contributed by atoms with Crippen molar-refractivity contribution in [2.45, 2.75) is 0 Å². The minimum Gasteiger partial charge on any atom is -0.436 e. The van der Waals surface area contributed by atoms with Crippen molar-refractivity contribution in [1.82, 2.24) is 14.6 Å². The van der Waals surface area contributed by atoms with Crippen molar-refractivity contribution < 1.29 is 4.74 Å². The van der Waals surface area contributed by atoms with Crippen LogP contribution in [0, 0.1) is 0 Å². The van der Waals surface area contributed by atoms with Crippen LogP contribution in [0.25, 0.3) is 16.6 Å². The maximum atomic E-state index is 12.5. The average Bonchev–Trinajstić information content (AvgIpc) is 2.66. The second kappa shape index (κ2) is 7.72. The van der Waals surface area contributed by atoms with Gasteiger partial charge in [-0.05, 0) is 36.4 Å². The predicted molar refractivity (Wildman–Crippen MR) is 114 cm³/mol. The number of rotatable bonds is 3. The van der Waals surface area contributed by atoms with Gasteiger partial charge in [0.2, 0.25) is 5.88 Å². The Morgan fingerprint density at radius 3 is 2.43 bits per heavy atom. The van der Waals surface area contributed by atoms with E-state index in [1.807, 2.05) is 0 Å². The van der Waals surface area contributed by atoms with Crippen molar-refractivity contribution in [1.29, 1.82) is 0 Å². The van der Waals surface area contributed by atoms with Gasteiger partial charge in [0, 0.05) is 16.1 Å². The van der Waals surface area contributed by atoms with Crippen molar-refractivity contribution in [2.75, 3.05) is 0 Å². The molecule has 2 aromatic carbocycles. The van der Waals surface area contributed by atoms with Gasteiger partial charge in [-0.25, -0.2) is 4.52 Å². The maximum Gasteiger partial charge on any atom is 0.281 e. The standard InChI is InChI=1S/C19H9BrCl3N3O2/c20-10-4-5-11(21)15(8-10)28-16-7-6-14-18(19(27)24-9-26(14)25-16)17-12(22)2-1-3-13(17)23/h1-9H. The monoisotopic (exact) mass is 495 g/mol. The lowest BCUT2D eigenvalue weighted by Crippen LogP contribution is -2.14. The van der Waals surface area contributed by atoms with Crippen LogP contribution in [0.1, 0.15) is 0 Å². The third-order valence-corrected chi connectivity index (χ3v) is 5.35. The second-order valence-electron chi connectivity index (χ2n) is 5.70. The average molecular weight is 498 g/mol. The van der Waals surface area contributed by atoms with E-state index >= 15 is 0 Å². The fourth-order valence-electron chi connectivity index (χ4n) is 2.68. The minimum atomic E-state index is -0.458. The lowest BCUT2D eigenvalue weighted by Gasteiger charge is -2.11. The van der Waals surface area contributed by atoms with Gasteiger partial charge in [-0.2, -0.15) is 4.98 Å². The number of benzene rings is 2. The van der Waals surface area contributed by atoms with E-state index in [0.717, 1.165) is 4.47 Å². The molecule has 0 fully saturated rings. The summed E-state index contributed by atoms with van der Waals surface area (Å²) in [5.74, 6) is 0.709. The largest absolute Gasteiger partial charge is 0.436 e. The molecule has 0 bridgehead atoms. The number of halogens is 4. The number of fused-ring (bicyclic) bond motifs is 1. The number of nitrogens with zero attached hydrogens (tertiary/aromatic N) is 3. The second-order valence-corrected chi connectivity index (χ2v) is 7.84. The first kappa shape index (κ1) is 19.2. The Hall–Kier alpha value is -2.12. The molecule has 0 aliphatic carbocycles. The third kappa shape index (κ3) is 3.61. The topological polar surface area (TPSA) is 56.5 Å². The molecule has 5 nitrogen and oxygen atoms in total. The minimum absolute atomic E-state index is 0.262. The molecule has 28 heavy (non-hydrogen) atoms. The van der Waals surface area contributed by atoms with Gasteiger partial charge in [0.05, 0.1) is 26.1 Å². The first-order chi connectivity index (χ1) is 13.4.